The van der Waals surface area contributed by atoms with Crippen LogP contribution < -0.4 is 15.5 Å². The van der Waals surface area contributed by atoms with Crippen molar-refractivity contribution in [1.82, 2.24) is 25.6 Å². The van der Waals surface area contributed by atoms with Crippen molar-refractivity contribution < 1.29 is 4.79 Å². The van der Waals surface area contributed by atoms with E-state index in [0.29, 0.717) is 6.04 Å². The lowest BCUT2D eigenvalue weighted by Crippen LogP contribution is -2.33. The number of fused-ring (bicyclic) bond motifs is 1. The molecule has 150 valence electrons. The molecular formula is C22H26N6O. The first-order valence-electron chi connectivity index (χ1n) is 9.95. The lowest BCUT2D eigenvalue weighted by Gasteiger charge is -2.21. The molecule has 0 unspecified atom stereocenters. The molecule has 29 heavy (non-hydrogen) atoms. The molecule has 1 fully saturated rings. The molecular weight excluding hydrogens is 364 g/mol. The molecule has 0 bridgehead atoms. The first kappa shape index (κ1) is 19.3. The zero-order valence-corrected chi connectivity index (χ0v) is 17.1. The highest BCUT2D eigenvalue weighted by atomic mass is 16.2. The van der Waals surface area contributed by atoms with Crippen molar-refractivity contribution in [2.75, 3.05) is 25.0 Å². The highest BCUT2D eigenvalue weighted by molar-refractivity contribution is 5.90. The Morgan fingerprint density at radius 2 is 2.03 bits per heavy atom. The van der Waals surface area contributed by atoms with Crippen LogP contribution in [0.2, 0.25) is 0 Å². The summed E-state index contributed by atoms with van der Waals surface area (Å²) in [7, 11) is 1.59. The summed E-state index contributed by atoms with van der Waals surface area (Å²) in [5.41, 5.74) is 2.93. The van der Waals surface area contributed by atoms with Gasteiger partial charge in [0, 0.05) is 55.6 Å². The summed E-state index contributed by atoms with van der Waals surface area (Å²) in [4.78, 5) is 27.7. The molecule has 3 aromatic rings. The number of benzene rings is 1. The lowest BCUT2D eigenvalue weighted by molar-refractivity contribution is 0.0952. The van der Waals surface area contributed by atoms with Gasteiger partial charge in [-0.15, -0.1) is 0 Å². The van der Waals surface area contributed by atoms with E-state index in [1.165, 1.54) is 10.8 Å². The number of carbonyl (C=O) groups is 1. The second kappa shape index (κ2) is 8.13. The van der Waals surface area contributed by atoms with Gasteiger partial charge in [0.2, 0.25) is 5.82 Å². The normalized spacial score (nSPS) is 16.4. The third kappa shape index (κ3) is 3.91. The van der Waals surface area contributed by atoms with E-state index in [2.05, 4.69) is 48.7 Å². The van der Waals surface area contributed by atoms with Crippen LogP contribution in [0.4, 0.5) is 5.82 Å². The summed E-state index contributed by atoms with van der Waals surface area (Å²) in [6, 6.07) is 10.7. The smallest absolute Gasteiger partial charge is 0.288 e. The van der Waals surface area contributed by atoms with Gasteiger partial charge >= 0.3 is 0 Å². The van der Waals surface area contributed by atoms with Crippen molar-refractivity contribution in [2.45, 2.75) is 32.9 Å². The SMILES string of the molecule is CNC(=O)c1nc(C)c(C)c(N2CC[C@@H](NCc3nccc4ccccc34)C2)n1. The van der Waals surface area contributed by atoms with Crippen molar-refractivity contribution in [1.29, 1.82) is 0 Å². The minimum Gasteiger partial charge on any atom is -0.355 e. The van der Waals surface area contributed by atoms with Crippen molar-refractivity contribution in [3.63, 3.8) is 0 Å². The molecule has 7 nitrogen and oxygen atoms in total. The van der Waals surface area contributed by atoms with Gasteiger partial charge in [-0.3, -0.25) is 9.78 Å². The summed E-state index contributed by atoms with van der Waals surface area (Å²) >= 11 is 0. The van der Waals surface area contributed by atoms with Crippen molar-refractivity contribution >= 4 is 22.5 Å². The summed E-state index contributed by atoms with van der Waals surface area (Å²) in [6.45, 7) is 6.40. The maximum Gasteiger partial charge on any atom is 0.288 e. The molecule has 4 rings (SSSR count). The van der Waals surface area contributed by atoms with E-state index >= 15 is 0 Å². The van der Waals surface area contributed by atoms with Gasteiger partial charge in [-0.25, -0.2) is 9.97 Å². The molecule has 2 N–H and O–H groups in total. The lowest BCUT2D eigenvalue weighted by atomic mass is 10.1. The molecule has 1 amide bonds. The topological polar surface area (TPSA) is 83.0 Å². The third-order valence-electron chi connectivity index (χ3n) is 5.60. The zero-order chi connectivity index (χ0) is 20.4. The summed E-state index contributed by atoms with van der Waals surface area (Å²) in [5.74, 6) is 0.816. The second-order valence-corrected chi connectivity index (χ2v) is 7.45. The standard InChI is InChI=1S/C22H26N6O/c1-14-15(2)26-20(22(29)23-3)27-21(14)28-11-9-17(13-28)25-12-19-18-7-5-4-6-16(18)8-10-24-19/h4-8,10,17,25H,9,11-13H2,1-3H3,(H,23,29)/t17-/m1/s1. The summed E-state index contributed by atoms with van der Waals surface area (Å²) < 4.78 is 0. The molecule has 0 aliphatic carbocycles. The number of aryl methyl sites for hydroxylation is 1. The van der Waals surface area contributed by atoms with E-state index in [1.807, 2.05) is 32.2 Å². The number of carbonyl (C=O) groups excluding carboxylic acids is 1. The Labute approximate surface area is 170 Å². The van der Waals surface area contributed by atoms with Crippen LogP contribution in [-0.4, -0.2) is 47.0 Å². The maximum absolute atomic E-state index is 12.0. The number of pyridine rings is 1. The Kier molecular flexibility index (Phi) is 5.40. The van der Waals surface area contributed by atoms with E-state index in [-0.39, 0.29) is 11.7 Å². The van der Waals surface area contributed by atoms with E-state index in [1.54, 1.807) is 7.05 Å². The molecule has 7 heteroatoms. The largest absolute Gasteiger partial charge is 0.355 e. The maximum atomic E-state index is 12.0. The van der Waals surface area contributed by atoms with E-state index < -0.39 is 0 Å². The number of nitrogens with zero attached hydrogens (tertiary/aromatic N) is 4. The molecule has 0 spiro atoms. The van der Waals surface area contributed by atoms with Crippen LogP contribution in [0.1, 0.15) is 34.0 Å². The molecule has 1 aliphatic rings. The van der Waals surface area contributed by atoms with Crippen LogP contribution >= 0.6 is 0 Å². The highest BCUT2D eigenvalue weighted by Crippen LogP contribution is 2.24. The first-order valence-corrected chi connectivity index (χ1v) is 9.95. The van der Waals surface area contributed by atoms with Crippen molar-refractivity contribution in [3.8, 4) is 0 Å². The predicted molar refractivity (Wildman–Crippen MR) is 114 cm³/mol. The number of hydrogen-bond acceptors (Lipinski definition) is 6. The number of anilines is 1. The van der Waals surface area contributed by atoms with Gasteiger partial charge in [0.1, 0.15) is 5.82 Å². The molecule has 0 saturated carbocycles. The third-order valence-corrected chi connectivity index (χ3v) is 5.60. The van der Waals surface area contributed by atoms with Crippen LogP contribution in [-0.2, 0) is 6.54 Å². The van der Waals surface area contributed by atoms with Crippen LogP contribution in [0, 0.1) is 13.8 Å². The van der Waals surface area contributed by atoms with E-state index in [0.717, 1.165) is 48.8 Å². The molecule has 1 saturated heterocycles. The van der Waals surface area contributed by atoms with Crippen LogP contribution in [0.15, 0.2) is 36.5 Å². The number of rotatable bonds is 5. The molecule has 3 heterocycles. The van der Waals surface area contributed by atoms with Gasteiger partial charge < -0.3 is 15.5 Å². The first-order chi connectivity index (χ1) is 14.1. The van der Waals surface area contributed by atoms with Gasteiger partial charge in [0.25, 0.3) is 5.91 Å². The average Bonchev–Trinajstić information content (AvgIpc) is 3.22. The number of hydrogen-bond donors (Lipinski definition) is 2. The van der Waals surface area contributed by atoms with E-state index in [9.17, 15) is 4.79 Å². The number of nitrogens with one attached hydrogen (secondary N) is 2. The zero-order valence-electron chi connectivity index (χ0n) is 17.1. The fourth-order valence-electron chi connectivity index (χ4n) is 3.82. The summed E-state index contributed by atoms with van der Waals surface area (Å²) in [6.07, 6.45) is 2.89. The molecule has 1 aliphatic heterocycles. The predicted octanol–water partition coefficient (Wildman–Crippen LogP) is 2.37. The Morgan fingerprint density at radius 3 is 2.86 bits per heavy atom. The van der Waals surface area contributed by atoms with Crippen molar-refractivity contribution in [3.05, 3.63) is 59.3 Å². The quantitative estimate of drug-likeness (QED) is 0.696. The fourth-order valence-corrected chi connectivity index (χ4v) is 3.82. The van der Waals surface area contributed by atoms with Gasteiger partial charge in [0.15, 0.2) is 0 Å². The minimum absolute atomic E-state index is 0.224. The van der Waals surface area contributed by atoms with Crippen LogP contribution in [0.25, 0.3) is 10.8 Å². The van der Waals surface area contributed by atoms with Crippen LogP contribution in [0.5, 0.6) is 0 Å². The Hall–Kier alpha value is -3.06. The van der Waals surface area contributed by atoms with Gasteiger partial charge in [-0.2, -0.15) is 0 Å². The number of aromatic nitrogens is 3. The summed E-state index contributed by atoms with van der Waals surface area (Å²) in [5, 5.41) is 8.65. The molecule has 1 atom stereocenters. The Bertz CT molecular complexity index is 1050. The highest BCUT2D eigenvalue weighted by Gasteiger charge is 2.26. The van der Waals surface area contributed by atoms with Gasteiger partial charge in [0.05, 0.1) is 5.69 Å². The molecule has 2 aromatic heterocycles. The van der Waals surface area contributed by atoms with Crippen LogP contribution in [0.3, 0.4) is 0 Å². The molecule has 1 aromatic carbocycles. The van der Waals surface area contributed by atoms with Gasteiger partial charge in [-0.1, -0.05) is 24.3 Å². The average molecular weight is 390 g/mol. The Morgan fingerprint density at radius 1 is 1.21 bits per heavy atom. The monoisotopic (exact) mass is 390 g/mol. The second-order valence-electron chi connectivity index (χ2n) is 7.45. The Balaban J connectivity index is 1.47. The van der Waals surface area contributed by atoms with E-state index in [4.69, 9.17) is 0 Å². The van der Waals surface area contributed by atoms with Gasteiger partial charge in [-0.05, 0) is 31.7 Å². The molecule has 0 radical (unpaired) electrons. The minimum atomic E-state index is -0.259. The fraction of sp³-hybridized carbons (Fsp3) is 0.364. The number of amides is 1. The van der Waals surface area contributed by atoms with Crippen molar-refractivity contribution in [2.24, 2.45) is 0 Å².